The number of aromatic nitrogens is 1. The molecule has 3 rings (SSSR count). The molecule has 1 aliphatic rings. The minimum atomic E-state index is 0.291. The van der Waals surface area contributed by atoms with Gasteiger partial charge in [0, 0.05) is 34.9 Å². The normalized spacial score (nSPS) is 19.3. The first-order chi connectivity index (χ1) is 8.72. The lowest BCUT2D eigenvalue weighted by atomic mass is 9.90. The molecule has 0 amide bonds. The molecule has 2 aromatic heterocycles. The monoisotopic (exact) mass is 261 g/mol. The van der Waals surface area contributed by atoms with Crippen LogP contribution in [0.4, 0.5) is 5.82 Å². The minimum absolute atomic E-state index is 0.291. The Balaban J connectivity index is 1.86. The first-order valence-electron chi connectivity index (χ1n) is 6.48. The lowest BCUT2D eigenvalue weighted by molar-refractivity contribution is 0.304. The third kappa shape index (κ3) is 1.99. The Morgan fingerprint density at radius 1 is 1.33 bits per heavy atom. The van der Waals surface area contributed by atoms with E-state index >= 15 is 0 Å². The molecule has 18 heavy (non-hydrogen) atoms. The van der Waals surface area contributed by atoms with Crippen LogP contribution in [0.2, 0.25) is 0 Å². The number of nitrogens with zero attached hydrogens (tertiary/aromatic N) is 2. The average Bonchev–Trinajstić information content (AvgIpc) is 2.88. The van der Waals surface area contributed by atoms with Gasteiger partial charge in [-0.3, -0.25) is 0 Å². The Morgan fingerprint density at radius 2 is 2.11 bits per heavy atom. The van der Waals surface area contributed by atoms with Crippen molar-refractivity contribution in [3.05, 3.63) is 23.7 Å². The van der Waals surface area contributed by atoms with Gasteiger partial charge < -0.3 is 10.2 Å². The third-order valence-electron chi connectivity index (χ3n) is 4.13. The standard InChI is InChI=1S/C14H19N3S/c1-14(15-2)5-8-17(9-6-14)13-11-4-10-18-12(11)3-7-16-13/h3-4,7,10,15H,5-6,8-9H2,1-2H3. The maximum Gasteiger partial charge on any atom is 0.137 e. The average molecular weight is 261 g/mol. The second-order valence-corrected chi connectivity index (χ2v) is 6.21. The van der Waals surface area contributed by atoms with Gasteiger partial charge in [0.25, 0.3) is 0 Å². The van der Waals surface area contributed by atoms with Gasteiger partial charge in [-0.1, -0.05) is 0 Å². The SMILES string of the molecule is CNC1(C)CCN(c2nccc3sccc23)CC1. The highest BCUT2D eigenvalue weighted by atomic mass is 32.1. The lowest BCUT2D eigenvalue weighted by Crippen LogP contribution is -2.50. The van der Waals surface area contributed by atoms with E-state index in [4.69, 9.17) is 0 Å². The number of fused-ring (bicyclic) bond motifs is 1. The highest BCUT2D eigenvalue weighted by molar-refractivity contribution is 7.17. The van der Waals surface area contributed by atoms with Gasteiger partial charge in [0.1, 0.15) is 5.82 Å². The van der Waals surface area contributed by atoms with Crippen LogP contribution in [0.3, 0.4) is 0 Å². The summed E-state index contributed by atoms with van der Waals surface area (Å²) in [7, 11) is 2.06. The van der Waals surface area contributed by atoms with Crippen molar-refractivity contribution >= 4 is 27.2 Å². The van der Waals surface area contributed by atoms with E-state index in [0.29, 0.717) is 5.54 Å². The second-order valence-electron chi connectivity index (χ2n) is 5.26. The first-order valence-corrected chi connectivity index (χ1v) is 7.36. The van der Waals surface area contributed by atoms with Crippen molar-refractivity contribution in [3.63, 3.8) is 0 Å². The summed E-state index contributed by atoms with van der Waals surface area (Å²) in [5, 5.41) is 6.89. The Hall–Kier alpha value is -1.13. The van der Waals surface area contributed by atoms with Gasteiger partial charge in [0.2, 0.25) is 0 Å². The van der Waals surface area contributed by atoms with Crippen molar-refractivity contribution in [1.29, 1.82) is 0 Å². The molecule has 0 atom stereocenters. The number of hydrogen-bond donors (Lipinski definition) is 1. The molecule has 0 unspecified atom stereocenters. The number of thiophene rings is 1. The van der Waals surface area contributed by atoms with Crippen molar-refractivity contribution in [2.24, 2.45) is 0 Å². The highest BCUT2D eigenvalue weighted by Crippen LogP contribution is 2.31. The molecular formula is C14H19N3S. The van der Waals surface area contributed by atoms with Crippen molar-refractivity contribution < 1.29 is 0 Å². The third-order valence-corrected chi connectivity index (χ3v) is 5.01. The summed E-state index contributed by atoms with van der Waals surface area (Å²) in [5.41, 5.74) is 0.291. The Labute approximate surface area is 112 Å². The van der Waals surface area contributed by atoms with Crippen LogP contribution in [0.15, 0.2) is 23.7 Å². The molecule has 0 spiro atoms. The summed E-state index contributed by atoms with van der Waals surface area (Å²) in [4.78, 5) is 7.01. The zero-order chi connectivity index (χ0) is 12.6. The molecule has 2 aromatic rings. The summed E-state index contributed by atoms with van der Waals surface area (Å²) >= 11 is 1.79. The number of pyridine rings is 1. The molecule has 4 heteroatoms. The van der Waals surface area contributed by atoms with Crippen LogP contribution in [0.25, 0.3) is 10.1 Å². The largest absolute Gasteiger partial charge is 0.356 e. The fraction of sp³-hybridized carbons (Fsp3) is 0.500. The lowest BCUT2D eigenvalue weighted by Gasteiger charge is -2.40. The summed E-state index contributed by atoms with van der Waals surface area (Å²) in [6.45, 7) is 4.47. The Bertz CT molecular complexity index is 541. The number of piperidine rings is 1. The predicted octanol–water partition coefficient (Wildman–Crippen LogP) is 2.87. The fourth-order valence-corrected chi connectivity index (χ4v) is 3.37. The van der Waals surface area contributed by atoms with E-state index in [2.05, 4.69) is 46.7 Å². The topological polar surface area (TPSA) is 28.2 Å². The van der Waals surface area contributed by atoms with E-state index < -0.39 is 0 Å². The van der Waals surface area contributed by atoms with E-state index in [9.17, 15) is 0 Å². The summed E-state index contributed by atoms with van der Waals surface area (Å²) in [6, 6.07) is 4.29. The Kier molecular flexibility index (Phi) is 2.99. The molecule has 0 saturated carbocycles. The van der Waals surface area contributed by atoms with Gasteiger partial charge in [0.15, 0.2) is 0 Å². The van der Waals surface area contributed by atoms with Gasteiger partial charge >= 0.3 is 0 Å². The van der Waals surface area contributed by atoms with Gasteiger partial charge in [-0.05, 0) is 44.3 Å². The minimum Gasteiger partial charge on any atom is -0.356 e. The van der Waals surface area contributed by atoms with Gasteiger partial charge in [0.05, 0.1) is 0 Å². The molecule has 96 valence electrons. The molecule has 0 radical (unpaired) electrons. The maximum absolute atomic E-state index is 4.59. The zero-order valence-electron chi connectivity index (χ0n) is 10.9. The molecule has 1 saturated heterocycles. The zero-order valence-corrected chi connectivity index (χ0v) is 11.8. The van der Waals surface area contributed by atoms with Crippen LogP contribution >= 0.6 is 11.3 Å². The fourth-order valence-electron chi connectivity index (χ4n) is 2.59. The summed E-state index contributed by atoms with van der Waals surface area (Å²) in [5.74, 6) is 1.16. The summed E-state index contributed by atoms with van der Waals surface area (Å²) < 4.78 is 1.34. The molecule has 3 heterocycles. The molecule has 0 aromatic carbocycles. The van der Waals surface area contributed by atoms with Gasteiger partial charge in [-0.15, -0.1) is 11.3 Å². The van der Waals surface area contributed by atoms with Crippen LogP contribution < -0.4 is 10.2 Å². The van der Waals surface area contributed by atoms with Gasteiger partial charge in [-0.25, -0.2) is 4.98 Å². The van der Waals surface area contributed by atoms with Crippen LogP contribution in [0.5, 0.6) is 0 Å². The highest BCUT2D eigenvalue weighted by Gasteiger charge is 2.29. The quantitative estimate of drug-likeness (QED) is 0.901. The van der Waals surface area contributed by atoms with Crippen LogP contribution in [-0.2, 0) is 0 Å². The van der Waals surface area contributed by atoms with E-state index in [1.165, 1.54) is 22.9 Å². The van der Waals surface area contributed by atoms with Crippen LogP contribution in [0, 0.1) is 0 Å². The molecule has 1 aliphatic heterocycles. The molecule has 1 fully saturated rings. The number of nitrogens with one attached hydrogen (secondary N) is 1. The Morgan fingerprint density at radius 3 is 2.83 bits per heavy atom. The molecule has 1 N–H and O–H groups in total. The molecule has 3 nitrogen and oxygen atoms in total. The van der Waals surface area contributed by atoms with Crippen LogP contribution in [-0.4, -0.2) is 30.7 Å². The smallest absolute Gasteiger partial charge is 0.137 e. The van der Waals surface area contributed by atoms with E-state index in [0.717, 1.165) is 18.9 Å². The van der Waals surface area contributed by atoms with Crippen molar-refractivity contribution in [2.45, 2.75) is 25.3 Å². The van der Waals surface area contributed by atoms with E-state index in [-0.39, 0.29) is 0 Å². The molecule has 0 aliphatic carbocycles. The number of hydrogen-bond acceptors (Lipinski definition) is 4. The second kappa shape index (κ2) is 4.52. The van der Waals surface area contributed by atoms with E-state index in [1.54, 1.807) is 11.3 Å². The van der Waals surface area contributed by atoms with E-state index in [1.807, 2.05) is 6.20 Å². The summed E-state index contributed by atoms with van der Waals surface area (Å²) in [6.07, 6.45) is 4.28. The maximum atomic E-state index is 4.59. The van der Waals surface area contributed by atoms with Crippen LogP contribution in [0.1, 0.15) is 19.8 Å². The number of anilines is 1. The van der Waals surface area contributed by atoms with Crippen molar-refractivity contribution in [1.82, 2.24) is 10.3 Å². The van der Waals surface area contributed by atoms with Crippen molar-refractivity contribution in [3.8, 4) is 0 Å². The molecular weight excluding hydrogens is 242 g/mol. The van der Waals surface area contributed by atoms with Gasteiger partial charge in [-0.2, -0.15) is 0 Å². The molecule has 0 bridgehead atoms. The van der Waals surface area contributed by atoms with Crippen molar-refractivity contribution in [2.75, 3.05) is 25.0 Å². The number of rotatable bonds is 2. The predicted molar refractivity (Wildman–Crippen MR) is 78.5 cm³/mol. The first kappa shape index (κ1) is 11.9.